The molecule has 1 aromatic heterocycles. The van der Waals surface area contributed by atoms with Gasteiger partial charge in [-0.15, -0.1) is 0 Å². The second kappa shape index (κ2) is 7.33. The van der Waals surface area contributed by atoms with Crippen LogP contribution >= 0.6 is 11.6 Å². The fourth-order valence-corrected chi connectivity index (χ4v) is 3.06. The molecule has 0 spiro atoms. The van der Waals surface area contributed by atoms with Gasteiger partial charge in [-0.25, -0.2) is 4.98 Å². The van der Waals surface area contributed by atoms with E-state index in [0.29, 0.717) is 28.5 Å². The number of nitrogens with zero attached hydrogens (tertiary/aromatic N) is 3. The van der Waals surface area contributed by atoms with Crippen LogP contribution in [0.5, 0.6) is 0 Å². The van der Waals surface area contributed by atoms with E-state index in [1.54, 1.807) is 6.07 Å². The number of carbonyl (C=O) groups excluding carboxylic acids is 1. The van der Waals surface area contributed by atoms with Crippen molar-refractivity contribution in [1.29, 1.82) is 5.26 Å². The van der Waals surface area contributed by atoms with Gasteiger partial charge in [-0.05, 0) is 31.0 Å². The molecule has 1 atom stereocenters. The number of nitrogens with one attached hydrogen (secondary N) is 1. The Labute approximate surface area is 145 Å². The van der Waals surface area contributed by atoms with Crippen LogP contribution in [0.3, 0.4) is 0 Å². The summed E-state index contributed by atoms with van der Waals surface area (Å²) in [6.07, 6.45) is 3.35. The number of hydrogen-bond acceptors (Lipinski definition) is 4. The summed E-state index contributed by atoms with van der Waals surface area (Å²) < 4.78 is 0. The Morgan fingerprint density at radius 1 is 1.38 bits per heavy atom. The molecule has 2 aromatic rings. The maximum absolute atomic E-state index is 12.6. The lowest BCUT2D eigenvalue weighted by Gasteiger charge is -2.33. The van der Waals surface area contributed by atoms with Crippen LogP contribution in [0, 0.1) is 11.3 Å². The van der Waals surface area contributed by atoms with Crippen LogP contribution in [-0.2, 0) is 0 Å². The van der Waals surface area contributed by atoms with Gasteiger partial charge in [0.05, 0.1) is 10.6 Å². The zero-order valence-corrected chi connectivity index (χ0v) is 13.8. The van der Waals surface area contributed by atoms with Gasteiger partial charge in [0.15, 0.2) is 0 Å². The molecule has 1 amide bonds. The number of likely N-dealkylation sites (tertiary alicyclic amines) is 1. The van der Waals surface area contributed by atoms with Crippen LogP contribution in [-0.4, -0.2) is 34.9 Å². The Balaban J connectivity index is 1.68. The van der Waals surface area contributed by atoms with Gasteiger partial charge in [-0.3, -0.25) is 4.79 Å². The van der Waals surface area contributed by atoms with Crippen LogP contribution in [0.15, 0.2) is 42.6 Å². The number of aromatic nitrogens is 1. The Kier molecular flexibility index (Phi) is 4.97. The molecule has 0 unspecified atom stereocenters. The summed E-state index contributed by atoms with van der Waals surface area (Å²) in [7, 11) is 0. The van der Waals surface area contributed by atoms with Crippen molar-refractivity contribution in [2.24, 2.45) is 0 Å². The molecule has 1 saturated heterocycles. The summed E-state index contributed by atoms with van der Waals surface area (Å²) in [6, 6.07) is 13.0. The fraction of sp³-hybridized carbons (Fsp3) is 0.278. The predicted molar refractivity (Wildman–Crippen MR) is 93.0 cm³/mol. The van der Waals surface area contributed by atoms with Gasteiger partial charge in [0, 0.05) is 30.9 Å². The van der Waals surface area contributed by atoms with Crippen molar-refractivity contribution in [2.75, 3.05) is 18.4 Å². The maximum atomic E-state index is 12.6. The first-order valence-electron chi connectivity index (χ1n) is 7.84. The number of rotatable bonds is 3. The lowest BCUT2D eigenvalue weighted by molar-refractivity contribution is 0.0714. The summed E-state index contributed by atoms with van der Waals surface area (Å²) in [5.41, 5.74) is 1.13. The van der Waals surface area contributed by atoms with E-state index in [2.05, 4.69) is 10.3 Å². The standard InChI is InChI=1S/C18H17ClN4O/c19-16-9-13(10-20)11-21-17(16)22-15-7-4-8-23(12-15)18(24)14-5-2-1-3-6-14/h1-3,5-6,9,11,15H,4,7-8,12H2,(H,21,22)/t15-/m1/s1. The normalized spacial score (nSPS) is 17.2. The number of piperidine rings is 1. The number of amides is 1. The average Bonchev–Trinajstić information content (AvgIpc) is 2.63. The van der Waals surface area contributed by atoms with Crippen LogP contribution in [0.25, 0.3) is 0 Å². The summed E-state index contributed by atoms with van der Waals surface area (Å²) >= 11 is 6.17. The molecule has 0 aliphatic carbocycles. The second-order valence-corrected chi connectivity index (χ2v) is 6.17. The van der Waals surface area contributed by atoms with Gasteiger partial charge in [0.25, 0.3) is 5.91 Å². The molecule has 0 saturated carbocycles. The molecule has 1 aliphatic heterocycles. The molecular formula is C18H17ClN4O. The third-order valence-electron chi connectivity index (χ3n) is 4.04. The Morgan fingerprint density at radius 2 is 2.17 bits per heavy atom. The SMILES string of the molecule is N#Cc1cnc(N[C@@H]2CCCN(C(=O)c3ccccc3)C2)c(Cl)c1. The monoisotopic (exact) mass is 340 g/mol. The molecule has 0 radical (unpaired) electrons. The minimum atomic E-state index is 0.0426. The van der Waals surface area contributed by atoms with Gasteiger partial charge in [-0.1, -0.05) is 29.8 Å². The molecule has 5 nitrogen and oxygen atoms in total. The molecule has 1 aromatic carbocycles. The molecule has 6 heteroatoms. The Hall–Kier alpha value is -2.58. The summed E-state index contributed by atoms with van der Waals surface area (Å²) in [5.74, 6) is 0.593. The zero-order chi connectivity index (χ0) is 16.9. The van der Waals surface area contributed by atoms with Crippen LogP contribution in [0.2, 0.25) is 5.02 Å². The highest BCUT2D eigenvalue weighted by molar-refractivity contribution is 6.33. The number of anilines is 1. The summed E-state index contributed by atoms with van der Waals surface area (Å²) in [4.78, 5) is 18.6. The van der Waals surface area contributed by atoms with Gasteiger partial charge in [0.2, 0.25) is 0 Å². The van der Waals surface area contributed by atoms with Crippen molar-refractivity contribution >= 4 is 23.3 Å². The van der Waals surface area contributed by atoms with Crippen molar-refractivity contribution in [3.63, 3.8) is 0 Å². The van der Waals surface area contributed by atoms with Crippen molar-refractivity contribution in [3.8, 4) is 6.07 Å². The minimum absolute atomic E-state index is 0.0426. The van der Waals surface area contributed by atoms with E-state index in [1.165, 1.54) is 6.20 Å². The molecule has 0 bridgehead atoms. The summed E-state index contributed by atoms with van der Waals surface area (Å²) in [5, 5.41) is 12.6. The van der Waals surface area contributed by atoms with E-state index in [1.807, 2.05) is 41.3 Å². The molecule has 122 valence electrons. The van der Waals surface area contributed by atoms with Gasteiger partial charge in [0.1, 0.15) is 11.9 Å². The summed E-state index contributed by atoms with van der Waals surface area (Å²) in [6.45, 7) is 1.35. The minimum Gasteiger partial charge on any atom is -0.364 e. The van der Waals surface area contributed by atoms with Crippen molar-refractivity contribution in [1.82, 2.24) is 9.88 Å². The molecule has 3 rings (SSSR count). The molecule has 2 heterocycles. The second-order valence-electron chi connectivity index (χ2n) is 5.77. The van der Waals surface area contributed by atoms with E-state index in [4.69, 9.17) is 16.9 Å². The van der Waals surface area contributed by atoms with E-state index in [-0.39, 0.29) is 11.9 Å². The van der Waals surface area contributed by atoms with E-state index in [0.717, 1.165) is 19.4 Å². The number of nitriles is 1. The first kappa shape index (κ1) is 16.3. The molecule has 1 N–H and O–H groups in total. The predicted octanol–water partition coefficient (Wildman–Crippen LogP) is 3.32. The zero-order valence-electron chi connectivity index (χ0n) is 13.1. The Bertz CT molecular complexity index is 772. The quantitative estimate of drug-likeness (QED) is 0.930. The average molecular weight is 341 g/mol. The van der Waals surface area contributed by atoms with E-state index in [9.17, 15) is 4.79 Å². The maximum Gasteiger partial charge on any atom is 0.253 e. The highest BCUT2D eigenvalue weighted by Gasteiger charge is 2.25. The fourth-order valence-electron chi connectivity index (χ4n) is 2.84. The van der Waals surface area contributed by atoms with Gasteiger partial charge < -0.3 is 10.2 Å². The lowest BCUT2D eigenvalue weighted by Crippen LogP contribution is -2.45. The molecule has 1 fully saturated rings. The highest BCUT2D eigenvalue weighted by atomic mass is 35.5. The molecular weight excluding hydrogens is 324 g/mol. The lowest BCUT2D eigenvalue weighted by atomic mass is 10.0. The first-order chi connectivity index (χ1) is 11.7. The van der Waals surface area contributed by atoms with Crippen molar-refractivity contribution in [2.45, 2.75) is 18.9 Å². The number of carbonyl (C=O) groups is 1. The Morgan fingerprint density at radius 3 is 2.88 bits per heavy atom. The van der Waals surface area contributed by atoms with Crippen LogP contribution < -0.4 is 5.32 Å². The third-order valence-corrected chi connectivity index (χ3v) is 4.33. The van der Waals surface area contributed by atoms with E-state index >= 15 is 0 Å². The highest BCUT2D eigenvalue weighted by Crippen LogP contribution is 2.23. The molecule has 24 heavy (non-hydrogen) atoms. The number of pyridine rings is 1. The smallest absolute Gasteiger partial charge is 0.253 e. The van der Waals surface area contributed by atoms with Gasteiger partial charge in [-0.2, -0.15) is 5.26 Å². The van der Waals surface area contributed by atoms with Crippen LogP contribution in [0.4, 0.5) is 5.82 Å². The first-order valence-corrected chi connectivity index (χ1v) is 8.21. The van der Waals surface area contributed by atoms with Crippen molar-refractivity contribution < 1.29 is 4.79 Å². The topological polar surface area (TPSA) is 69.0 Å². The van der Waals surface area contributed by atoms with Gasteiger partial charge >= 0.3 is 0 Å². The number of hydrogen-bond donors (Lipinski definition) is 1. The van der Waals surface area contributed by atoms with E-state index < -0.39 is 0 Å². The molecule has 1 aliphatic rings. The number of benzene rings is 1. The largest absolute Gasteiger partial charge is 0.364 e. The third kappa shape index (κ3) is 3.66. The number of halogens is 1. The van der Waals surface area contributed by atoms with Crippen molar-refractivity contribution in [3.05, 3.63) is 58.7 Å². The van der Waals surface area contributed by atoms with Crippen LogP contribution in [0.1, 0.15) is 28.8 Å².